The molecule has 0 aromatic carbocycles. The van der Waals surface area contributed by atoms with Crippen LogP contribution in [0.5, 0.6) is 0 Å². The van der Waals surface area contributed by atoms with Crippen molar-refractivity contribution in [1.29, 1.82) is 0 Å². The topological polar surface area (TPSA) is 80.2 Å². The first-order valence-electron chi connectivity index (χ1n) is 5.68. The third-order valence-corrected chi connectivity index (χ3v) is 4.26. The van der Waals surface area contributed by atoms with E-state index in [1.54, 1.807) is 6.20 Å². The monoisotopic (exact) mass is 253 g/mol. The highest BCUT2D eigenvalue weighted by molar-refractivity contribution is 7.99. The Hall–Kier alpha value is -0.820. The molecule has 0 bridgehead atoms. The Morgan fingerprint density at radius 2 is 2.47 bits per heavy atom. The van der Waals surface area contributed by atoms with Crippen molar-refractivity contribution in [1.82, 2.24) is 15.3 Å². The first-order chi connectivity index (χ1) is 8.24. The second kappa shape index (κ2) is 5.68. The van der Waals surface area contributed by atoms with Gasteiger partial charge in [0.2, 0.25) is 0 Å². The Morgan fingerprint density at radius 1 is 1.65 bits per heavy atom. The van der Waals surface area contributed by atoms with Gasteiger partial charge in [-0.2, -0.15) is 11.8 Å². The van der Waals surface area contributed by atoms with E-state index in [4.69, 9.17) is 11.6 Å². The van der Waals surface area contributed by atoms with Crippen LogP contribution < -0.4 is 17.0 Å². The fourth-order valence-corrected chi connectivity index (χ4v) is 3.43. The van der Waals surface area contributed by atoms with Crippen molar-refractivity contribution >= 4 is 17.6 Å². The Labute approximate surface area is 106 Å². The highest BCUT2D eigenvalue weighted by atomic mass is 32.2. The third-order valence-electron chi connectivity index (χ3n) is 3.21. The number of hydrogen-bond acceptors (Lipinski definition) is 6. The van der Waals surface area contributed by atoms with Gasteiger partial charge < -0.3 is 5.73 Å². The van der Waals surface area contributed by atoms with Crippen molar-refractivity contribution in [3.05, 3.63) is 23.9 Å². The van der Waals surface area contributed by atoms with Gasteiger partial charge in [0.05, 0.1) is 6.04 Å². The van der Waals surface area contributed by atoms with Gasteiger partial charge >= 0.3 is 0 Å². The van der Waals surface area contributed by atoms with Crippen LogP contribution in [-0.4, -0.2) is 41.0 Å². The molecule has 5 N–H and O–H groups in total. The number of aromatic nitrogens is 1. The maximum Gasteiger partial charge on any atom is 0.128 e. The number of thioether (sulfide) groups is 1. The molecule has 1 aromatic rings. The number of nitrogens with two attached hydrogens (primary N) is 2. The highest BCUT2D eigenvalue weighted by Crippen LogP contribution is 2.28. The molecule has 2 unspecified atom stereocenters. The second-order valence-electron chi connectivity index (χ2n) is 4.25. The van der Waals surface area contributed by atoms with Crippen LogP contribution in [0.3, 0.4) is 0 Å². The van der Waals surface area contributed by atoms with Crippen molar-refractivity contribution in [2.45, 2.75) is 12.1 Å². The molecule has 94 valence electrons. The third kappa shape index (κ3) is 2.71. The lowest BCUT2D eigenvalue weighted by molar-refractivity contribution is 0.216. The van der Waals surface area contributed by atoms with Gasteiger partial charge in [-0.25, -0.2) is 4.98 Å². The second-order valence-corrected chi connectivity index (χ2v) is 5.39. The largest absolute Gasteiger partial charge is 0.383 e. The number of rotatable bonds is 3. The summed E-state index contributed by atoms with van der Waals surface area (Å²) < 4.78 is 0. The molecular weight excluding hydrogens is 234 g/mol. The van der Waals surface area contributed by atoms with Crippen LogP contribution in [0, 0.1) is 0 Å². The van der Waals surface area contributed by atoms with Crippen molar-refractivity contribution in [3.63, 3.8) is 0 Å². The average molecular weight is 253 g/mol. The van der Waals surface area contributed by atoms with Crippen molar-refractivity contribution in [3.8, 4) is 0 Å². The molecule has 0 saturated carbocycles. The quantitative estimate of drug-likeness (QED) is 0.528. The van der Waals surface area contributed by atoms with Gasteiger partial charge in [-0.3, -0.25) is 16.2 Å². The van der Waals surface area contributed by atoms with Crippen molar-refractivity contribution in [2.75, 3.05) is 30.8 Å². The van der Waals surface area contributed by atoms with E-state index in [2.05, 4.69) is 22.4 Å². The maximum absolute atomic E-state index is 5.92. The Balaban J connectivity index is 2.23. The summed E-state index contributed by atoms with van der Waals surface area (Å²) in [5, 5.41) is 0. The molecule has 0 amide bonds. The molecule has 2 rings (SSSR count). The minimum absolute atomic E-state index is 0.0292. The fraction of sp³-hybridized carbons (Fsp3) is 0.545. The van der Waals surface area contributed by atoms with Crippen molar-refractivity contribution < 1.29 is 0 Å². The summed E-state index contributed by atoms with van der Waals surface area (Å²) in [6, 6.07) is 4.26. The zero-order valence-corrected chi connectivity index (χ0v) is 10.8. The number of nitrogens with one attached hydrogen (secondary N) is 1. The lowest BCUT2D eigenvalue weighted by Crippen LogP contribution is -2.49. The predicted octanol–water partition coefficient (Wildman–Crippen LogP) is 0.215. The van der Waals surface area contributed by atoms with Crippen LogP contribution in [0.4, 0.5) is 5.82 Å². The Morgan fingerprint density at radius 3 is 3.12 bits per heavy atom. The van der Waals surface area contributed by atoms with Crippen LogP contribution >= 0.6 is 11.8 Å². The van der Waals surface area contributed by atoms with Gasteiger partial charge in [-0.1, -0.05) is 6.07 Å². The zero-order chi connectivity index (χ0) is 12.3. The van der Waals surface area contributed by atoms with E-state index in [1.807, 2.05) is 23.9 Å². The number of hydrogen-bond donors (Lipinski definition) is 3. The number of pyridine rings is 1. The molecule has 0 aliphatic carbocycles. The number of nitrogen functional groups attached to an aromatic ring is 1. The molecular formula is C11H19N5S. The molecule has 1 aliphatic heterocycles. The van der Waals surface area contributed by atoms with E-state index in [0.29, 0.717) is 11.9 Å². The Kier molecular flexibility index (Phi) is 4.22. The number of nitrogens with zero attached hydrogens (tertiary/aromatic N) is 2. The molecule has 1 aromatic heterocycles. The molecule has 0 spiro atoms. The van der Waals surface area contributed by atoms with Gasteiger partial charge in [-0.15, -0.1) is 0 Å². The Bertz CT molecular complexity index is 373. The molecule has 2 heterocycles. The summed E-state index contributed by atoms with van der Waals surface area (Å²) in [6.07, 6.45) is 1.70. The average Bonchev–Trinajstić information content (AvgIpc) is 2.34. The van der Waals surface area contributed by atoms with E-state index in [9.17, 15) is 0 Å². The van der Waals surface area contributed by atoms with Crippen LogP contribution in [0.1, 0.15) is 11.6 Å². The van der Waals surface area contributed by atoms with Gasteiger partial charge in [-0.05, 0) is 13.1 Å². The lowest BCUT2D eigenvalue weighted by Gasteiger charge is -2.37. The standard InChI is InChI=1S/C11H19N5S/c1-16-5-6-17-7-9(16)10(15-13)8-3-2-4-14-11(8)12/h2-4,9-10,15H,5-7,13H2,1H3,(H2,12,14). The van der Waals surface area contributed by atoms with Gasteiger partial charge in [0.15, 0.2) is 0 Å². The van der Waals surface area contributed by atoms with Crippen LogP contribution in [0.25, 0.3) is 0 Å². The lowest BCUT2D eigenvalue weighted by atomic mass is 10.0. The smallest absolute Gasteiger partial charge is 0.128 e. The summed E-state index contributed by atoms with van der Waals surface area (Å²) in [5.41, 5.74) is 9.78. The summed E-state index contributed by atoms with van der Waals surface area (Å²) >= 11 is 1.95. The molecule has 2 atom stereocenters. The van der Waals surface area contributed by atoms with E-state index in [-0.39, 0.29) is 6.04 Å². The van der Waals surface area contributed by atoms with Gasteiger partial charge in [0.25, 0.3) is 0 Å². The summed E-state index contributed by atoms with van der Waals surface area (Å²) in [5.74, 6) is 8.48. The molecule has 0 radical (unpaired) electrons. The minimum atomic E-state index is 0.0292. The van der Waals surface area contributed by atoms with E-state index in [1.165, 1.54) is 5.75 Å². The highest BCUT2D eigenvalue weighted by Gasteiger charge is 2.29. The molecule has 1 fully saturated rings. The normalized spacial score (nSPS) is 23.5. The van der Waals surface area contributed by atoms with Crippen LogP contribution in [0.15, 0.2) is 18.3 Å². The first kappa shape index (κ1) is 12.6. The fourth-order valence-electron chi connectivity index (χ4n) is 2.16. The molecule has 1 aliphatic rings. The maximum atomic E-state index is 5.92. The number of hydrazine groups is 1. The number of likely N-dealkylation sites (N-methyl/N-ethyl adjacent to an activating group) is 1. The van der Waals surface area contributed by atoms with Crippen molar-refractivity contribution in [2.24, 2.45) is 5.84 Å². The zero-order valence-electron chi connectivity index (χ0n) is 9.97. The van der Waals surface area contributed by atoms with Gasteiger partial charge in [0.1, 0.15) is 5.82 Å². The van der Waals surface area contributed by atoms with Crippen LogP contribution in [-0.2, 0) is 0 Å². The molecule has 17 heavy (non-hydrogen) atoms. The summed E-state index contributed by atoms with van der Waals surface area (Å²) in [4.78, 5) is 6.45. The summed E-state index contributed by atoms with van der Waals surface area (Å²) in [6.45, 7) is 1.08. The minimum Gasteiger partial charge on any atom is -0.383 e. The molecule has 6 heteroatoms. The van der Waals surface area contributed by atoms with E-state index >= 15 is 0 Å². The SMILES string of the molecule is CN1CCSCC1C(NN)c1cccnc1N. The van der Waals surface area contributed by atoms with Gasteiger partial charge in [0, 0.05) is 35.9 Å². The van der Waals surface area contributed by atoms with E-state index < -0.39 is 0 Å². The molecule has 5 nitrogen and oxygen atoms in total. The molecule has 1 saturated heterocycles. The van der Waals surface area contributed by atoms with E-state index in [0.717, 1.165) is 17.9 Å². The summed E-state index contributed by atoms with van der Waals surface area (Å²) in [7, 11) is 2.13. The van der Waals surface area contributed by atoms with Crippen LogP contribution in [0.2, 0.25) is 0 Å². The first-order valence-corrected chi connectivity index (χ1v) is 6.84. The number of anilines is 1. The predicted molar refractivity (Wildman–Crippen MR) is 72.5 cm³/mol.